The maximum absolute atomic E-state index is 11.5. The van der Waals surface area contributed by atoms with Crippen molar-refractivity contribution in [3.05, 3.63) is 29.8 Å². The molecule has 1 aromatic rings. The van der Waals surface area contributed by atoms with Gasteiger partial charge in [0.1, 0.15) is 5.75 Å². The van der Waals surface area contributed by atoms with Crippen LogP contribution in [0.4, 0.5) is 0 Å². The predicted octanol–water partition coefficient (Wildman–Crippen LogP) is 1.35. The van der Waals surface area contributed by atoms with E-state index in [4.69, 9.17) is 4.74 Å². The average molecular weight is 235 g/mol. The molecule has 0 radical (unpaired) electrons. The zero-order chi connectivity index (χ0) is 12.3. The van der Waals surface area contributed by atoms with E-state index in [1.54, 1.807) is 12.0 Å². The van der Waals surface area contributed by atoms with Crippen molar-refractivity contribution in [2.75, 3.05) is 20.2 Å². The van der Waals surface area contributed by atoms with Gasteiger partial charge in [-0.15, -0.1) is 0 Å². The number of para-hydroxylation sites is 1. The van der Waals surface area contributed by atoms with Gasteiger partial charge in [0.15, 0.2) is 0 Å². The van der Waals surface area contributed by atoms with Gasteiger partial charge in [-0.05, 0) is 12.5 Å². The summed E-state index contributed by atoms with van der Waals surface area (Å²) in [7, 11) is 1.58. The van der Waals surface area contributed by atoms with Crippen LogP contribution < -0.4 is 4.74 Å². The zero-order valence-corrected chi connectivity index (χ0v) is 9.93. The molecule has 1 N–H and O–H groups in total. The first kappa shape index (κ1) is 11.9. The lowest BCUT2D eigenvalue weighted by atomic mass is 10.0. The third-order valence-electron chi connectivity index (χ3n) is 2.93. The van der Waals surface area contributed by atoms with Crippen LogP contribution in [-0.2, 0) is 4.79 Å². The number of benzene rings is 1. The van der Waals surface area contributed by atoms with Crippen LogP contribution in [-0.4, -0.2) is 36.1 Å². The van der Waals surface area contributed by atoms with E-state index in [-0.39, 0.29) is 5.91 Å². The Morgan fingerprint density at radius 1 is 1.47 bits per heavy atom. The van der Waals surface area contributed by atoms with Crippen LogP contribution in [0.15, 0.2) is 24.3 Å². The molecular formula is C13H17NO3. The molecule has 0 spiro atoms. The lowest BCUT2D eigenvalue weighted by molar-refractivity contribution is -0.126. The minimum Gasteiger partial charge on any atom is -0.496 e. The highest BCUT2D eigenvalue weighted by Crippen LogP contribution is 2.28. The lowest BCUT2D eigenvalue weighted by Crippen LogP contribution is -2.12. The largest absolute Gasteiger partial charge is 0.496 e. The Hall–Kier alpha value is -1.55. The summed E-state index contributed by atoms with van der Waals surface area (Å²) in [6.07, 6.45) is 0.185. The van der Waals surface area contributed by atoms with E-state index in [9.17, 15) is 9.90 Å². The molecule has 1 saturated heterocycles. The number of amides is 1. The Morgan fingerprint density at radius 3 is 2.82 bits per heavy atom. The molecule has 4 heteroatoms. The van der Waals surface area contributed by atoms with Gasteiger partial charge in [0.2, 0.25) is 5.91 Å². The monoisotopic (exact) mass is 235 g/mol. The maximum atomic E-state index is 11.5. The minimum absolute atomic E-state index is 0.124. The van der Waals surface area contributed by atoms with Gasteiger partial charge in [0.05, 0.1) is 13.2 Å². The van der Waals surface area contributed by atoms with Crippen LogP contribution in [0.25, 0.3) is 0 Å². The summed E-state index contributed by atoms with van der Waals surface area (Å²) in [5.41, 5.74) is 0.744. The number of nitrogens with zero attached hydrogens (tertiary/aromatic N) is 1. The van der Waals surface area contributed by atoms with Gasteiger partial charge in [-0.3, -0.25) is 4.79 Å². The average Bonchev–Trinajstić information content (AvgIpc) is 3.19. The first-order chi connectivity index (χ1) is 8.22. The van der Waals surface area contributed by atoms with Gasteiger partial charge in [-0.2, -0.15) is 0 Å². The SMILES string of the molecule is COc1ccccc1C(O)CCC(=O)N1CC1. The Bertz CT molecular complexity index is 401. The van der Waals surface area contributed by atoms with E-state index in [1.165, 1.54) is 0 Å². The van der Waals surface area contributed by atoms with Crippen molar-refractivity contribution in [3.63, 3.8) is 0 Å². The summed E-state index contributed by atoms with van der Waals surface area (Å²) in [6.45, 7) is 1.73. The highest BCUT2D eigenvalue weighted by Gasteiger charge is 2.24. The molecule has 17 heavy (non-hydrogen) atoms. The number of ether oxygens (including phenoxy) is 1. The molecule has 0 aliphatic carbocycles. The third-order valence-corrected chi connectivity index (χ3v) is 2.93. The highest BCUT2D eigenvalue weighted by atomic mass is 16.5. The van der Waals surface area contributed by atoms with E-state index in [2.05, 4.69) is 0 Å². The summed E-state index contributed by atoms with van der Waals surface area (Å²) in [5.74, 6) is 0.790. The second-order valence-electron chi connectivity index (χ2n) is 4.18. The van der Waals surface area contributed by atoms with Crippen LogP contribution in [0, 0.1) is 0 Å². The number of aliphatic hydroxyl groups excluding tert-OH is 1. The van der Waals surface area contributed by atoms with E-state index < -0.39 is 6.10 Å². The summed E-state index contributed by atoms with van der Waals surface area (Å²) in [6, 6.07) is 7.35. The molecule has 0 aromatic heterocycles. The minimum atomic E-state index is -0.643. The smallest absolute Gasteiger partial charge is 0.222 e. The molecule has 92 valence electrons. The van der Waals surface area contributed by atoms with Crippen LogP contribution in [0.3, 0.4) is 0 Å². The van der Waals surface area contributed by atoms with Crippen molar-refractivity contribution in [3.8, 4) is 5.75 Å². The number of rotatable bonds is 5. The second kappa shape index (κ2) is 5.19. The summed E-state index contributed by atoms with van der Waals surface area (Å²) >= 11 is 0. The van der Waals surface area contributed by atoms with Crippen LogP contribution in [0.2, 0.25) is 0 Å². The molecule has 1 aromatic carbocycles. The lowest BCUT2D eigenvalue weighted by Gasteiger charge is -2.14. The zero-order valence-electron chi connectivity index (χ0n) is 9.93. The van der Waals surface area contributed by atoms with Gasteiger partial charge < -0.3 is 14.7 Å². The second-order valence-corrected chi connectivity index (χ2v) is 4.18. The van der Waals surface area contributed by atoms with Crippen molar-refractivity contribution < 1.29 is 14.6 Å². The number of carbonyl (C=O) groups excluding carboxylic acids is 1. The Balaban J connectivity index is 1.93. The van der Waals surface area contributed by atoms with Crippen molar-refractivity contribution in [1.29, 1.82) is 0 Å². The van der Waals surface area contributed by atoms with E-state index in [0.717, 1.165) is 18.7 Å². The highest BCUT2D eigenvalue weighted by molar-refractivity contribution is 5.78. The van der Waals surface area contributed by atoms with Gasteiger partial charge in [-0.1, -0.05) is 18.2 Å². The van der Waals surface area contributed by atoms with Crippen molar-refractivity contribution >= 4 is 5.91 Å². The third kappa shape index (κ3) is 2.97. The summed E-state index contributed by atoms with van der Waals surface area (Å²) < 4.78 is 5.18. The Morgan fingerprint density at radius 2 is 2.18 bits per heavy atom. The van der Waals surface area contributed by atoms with Gasteiger partial charge >= 0.3 is 0 Å². The van der Waals surface area contributed by atoms with E-state index >= 15 is 0 Å². The maximum Gasteiger partial charge on any atom is 0.222 e. The summed E-state index contributed by atoms with van der Waals surface area (Å²) in [5, 5.41) is 10.0. The van der Waals surface area contributed by atoms with Crippen molar-refractivity contribution in [1.82, 2.24) is 4.90 Å². The topological polar surface area (TPSA) is 49.5 Å². The number of carbonyl (C=O) groups is 1. The summed E-state index contributed by atoms with van der Waals surface area (Å²) in [4.78, 5) is 13.3. The number of hydrogen-bond donors (Lipinski definition) is 1. The molecule has 1 aliphatic heterocycles. The van der Waals surface area contributed by atoms with Crippen LogP contribution in [0.1, 0.15) is 24.5 Å². The van der Waals surface area contributed by atoms with E-state index in [0.29, 0.717) is 18.6 Å². The molecule has 1 unspecified atom stereocenters. The molecule has 2 rings (SSSR count). The number of methoxy groups -OCH3 is 1. The van der Waals surface area contributed by atoms with Crippen molar-refractivity contribution in [2.45, 2.75) is 18.9 Å². The fourth-order valence-electron chi connectivity index (χ4n) is 1.81. The molecule has 1 heterocycles. The van der Waals surface area contributed by atoms with Crippen molar-refractivity contribution in [2.24, 2.45) is 0 Å². The number of aliphatic hydroxyl groups is 1. The Labute approximate surface area is 101 Å². The molecule has 1 amide bonds. The number of hydrogen-bond acceptors (Lipinski definition) is 3. The molecule has 0 bridgehead atoms. The Kier molecular flexibility index (Phi) is 3.64. The molecule has 1 atom stereocenters. The molecule has 0 saturated carbocycles. The first-order valence-electron chi connectivity index (χ1n) is 5.81. The quantitative estimate of drug-likeness (QED) is 0.784. The molecule has 1 fully saturated rings. The standard InChI is InChI=1S/C13H17NO3/c1-17-12-5-3-2-4-10(12)11(15)6-7-13(16)14-8-9-14/h2-5,11,15H,6-9H2,1H3. The van der Waals surface area contributed by atoms with Gasteiger partial charge in [0.25, 0.3) is 0 Å². The fourth-order valence-corrected chi connectivity index (χ4v) is 1.81. The van der Waals surface area contributed by atoms with Gasteiger partial charge in [-0.25, -0.2) is 0 Å². The van der Waals surface area contributed by atoms with Crippen LogP contribution >= 0.6 is 0 Å². The fraction of sp³-hybridized carbons (Fsp3) is 0.462. The molecule has 4 nitrogen and oxygen atoms in total. The van der Waals surface area contributed by atoms with Crippen LogP contribution in [0.5, 0.6) is 5.75 Å². The molecule has 1 aliphatic rings. The van der Waals surface area contributed by atoms with E-state index in [1.807, 2.05) is 24.3 Å². The first-order valence-corrected chi connectivity index (χ1v) is 5.81. The molecular weight excluding hydrogens is 218 g/mol. The normalized spacial score (nSPS) is 15.5. The predicted molar refractivity (Wildman–Crippen MR) is 63.8 cm³/mol. The van der Waals surface area contributed by atoms with Gasteiger partial charge in [0, 0.05) is 25.1 Å².